The van der Waals surface area contributed by atoms with Gasteiger partial charge in [0.1, 0.15) is 11.5 Å². The van der Waals surface area contributed by atoms with Gasteiger partial charge >= 0.3 is 0 Å². The van der Waals surface area contributed by atoms with Crippen LogP contribution in [0.25, 0.3) is 28.6 Å². The lowest BCUT2D eigenvalue weighted by Crippen LogP contribution is -2.17. The molecule has 1 aliphatic rings. The van der Waals surface area contributed by atoms with Crippen LogP contribution in [-0.4, -0.2) is 14.9 Å². The van der Waals surface area contributed by atoms with E-state index in [1.807, 2.05) is 29.7 Å². The van der Waals surface area contributed by atoms with E-state index in [0.29, 0.717) is 38.3 Å². The number of furan rings is 2. The van der Waals surface area contributed by atoms with Crippen LogP contribution in [0.4, 0.5) is 0 Å². The highest BCUT2D eigenvalue weighted by Crippen LogP contribution is 2.34. The predicted molar refractivity (Wildman–Crippen MR) is 105 cm³/mol. The van der Waals surface area contributed by atoms with Crippen LogP contribution in [0.2, 0.25) is 10.0 Å². The molecule has 0 saturated heterocycles. The van der Waals surface area contributed by atoms with Gasteiger partial charge in [-0.3, -0.25) is 5.43 Å². The molecular formula is C18H10Cl2N4O2S. The number of benzene rings is 1. The van der Waals surface area contributed by atoms with Crippen molar-refractivity contribution in [3.05, 3.63) is 69.9 Å². The summed E-state index contributed by atoms with van der Waals surface area (Å²) in [6, 6.07) is 12.8. The Balaban J connectivity index is 1.45. The number of thioether (sulfide) groups is 1. The van der Waals surface area contributed by atoms with Crippen molar-refractivity contribution in [1.82, 2.24) is 14.9 Å². The number of aromatic nitrogens is 3. The molecule has 0 atom stereocenters. The minimum atomic E-state index is 0.481. The maximum Gasteiger partial charge on any atom is 0.219 e. The van der Waals surface area contributed by atoms with E-state index in [1.165, 1.54) is 11.8 Å². The summed E-state index contributed by atoms with van der Waals surface area (Å²) in [6.07, 6.45) is 1.60. The molecule has 0 radical (unpaired) electrons. The van der Waals surface area contributed by atoms with Crippen molar-refractivity contribution < 1.29 is 8.83 Å². The first-order valence-electron chi connectivity index (χ1n) is 7.88. The second-order valence-electron chi connectivity index (χ2n) is 5.67. The predicted octanol–water partition coefficient (Wildman–Crippen LogP) is 5.75. The number of nitrogens with one attached hydrogen (secondary N) is 1. The molecule has 0 spiro atoms. The van der Waals surface area contributed by atoms with E-state index in [1.54, 1.807) is 29.1 Å². The molecule has 0 bridgehead atoms. The van der Waals surface area contributed by atoms with Gasteiger partial charge in [-0.1, -0.05) is 35.0 Å². The third-order valence-electron chi connectivity index (χ3n) is 3.96. The zero-order valence-corrected chi connectivity index (χ0v) is 15.8. The largest absolute Gasteiger partial charge is 0.461 e. The summed E-state index contributed by atoms with van der Waals surface area (Å²) in [4.78, 5) is 0. The van der Waals surface area contributed by atoms with Crippen molar-refractivity contribution in [2.75, 3.05) is 5.43 Å². The molecule has 4 heterocycles. The number of nitrogens with zero attached hydrogens (tertiary/aromatic N) is 3. The zero-order chi connectivity index (χ0) is 18.4. The molecular weight excluding hydrogens is 407 g/mol. The van der Waals surface area contributed by atoms with Gasteiger partial charge in [0.05, 0.1) is 16.3 Å². The van der Waals surface area contributed by atoms with Crippen LogP contribution < -0.4 is 5.43 Å². The van der Waals surface area contributed by atoms with E-state index in [9.17, 15) is 0 Å². The summed E-state index contributed by atoms with van der Waals surface area (Å²) < 4.78 is 13.2. The second-order valence-corrected chi connectivity index (χ2v) is 7.32. The zero-order valence-electron chi connectivity index (χ0n) is 13.5. The molecule has 1 N–H and O–H groups in total. The summed E-state index contributed by atoms with van der Waals surface area (Å²) >= 11 is 13.5. The maximum absolute atomic E-state index is 6.10. The lowest BCUT2D eigenvalue weighted by atomic mass is 10.2. The molecule has 3 aromatic heterocycles. The first kappa shape index (κ1) is 16.6. The van der Waals surface area contributed by atoms with Gasteiger partial charge in [-0.05, 0) is 42.5 Å². The van der Waals surface area contributed by atoms with Crippen LogP contribution in [0.15, 0.2) is 68.1 Å². The molecule has 6 nitrogen and oxygen atoms in total. The highest BCUT2D eigenvalue weighted by molar-refractivity contribution is 8.02. The van der Waals surface area contributed by atoms with Crippen LogP contribution in [0.1, 0.15) is 5.76 Å². The highest BCUT2D eigenvalue weighted by atomic mass is 35.5. The van der Waals surface area contributed by atoms with Crippen molar-refractivity contribution >= 4 is 40.7 Å². The fourth-order valence-corrected chi connectivity index (χ4v) is 3.69. The van der Waals surface area contributed by atoms with Gasteiger partial charge in [-0.15, -0.1) is 10.2 Å². The van der Waals surface area contributed by atoms with Gasteiger partial charge in [-0.2, -0.15) is 0 Å². The Kier molecular flexibility index (Phi) is 4.00. The van der Waals surface area contributed by atoms with Gasteiger partial charge in [-0.25, -0.2) is 4.68 Å². The molecule has 134 valence electrons. The van der Waals surface area contributed by atoms with Crippen LogP contribution in [0.3, 0.4) is 0 Å². The quantitative estimate of drug-likeness (QED) is 0.458. The molecule has 0 saturated carbocycles. The Morgan fingerprint density at radius 3 is 2.67 bits per heavy atom. The molecule has 0 aliphatic carbocycles. The molecule has 0 fully saturated rings. The Morgan fingerprint density at radius 1 is 0.963 bits per heavy atom. The smallest absolute Gasteiger partial charge is 0.219 e. The van der Waals surface area contributed by atoms with E-state index < -0.39 is 0 Å². The average molecular weight is 417 g/mol. The average Bonchev–Trinajstić information content (AvgIpc) is 3.43. The number of halogens is 2. The van der Waals surface area contributed by atoms with Crippen molar-refractivity contribution in [2.45, 2.75) is 5.16 Å². The van der Waals surface area contributed by atoms with E-state index in [-0.39, 0.29) is 0 Å². The topological polar surface area (TPSA) is 69.0 Å². The maximum atomic E-state index is 6.10. The second kappa shape index (κ2) is 6.53. The SMILES string of the molecule is Clc1ccc(-c2ccc(C3=CSc4nnc(-c5ccco5)n4N3)o2)cc1Cl. The lowest BCUT2D eigenvalue weighted by molar-refractivity contribution is 0.563. The molecule has 0 amide bonds. The van der Waals surface area contributed by atoms with Crippen LogP contribution in [0.5, 0.6) is 0 Å². The van der Waals surface area contributed by atoms with Gasteiger partial charge in [0, 0.05) is 11.0 Å². The van der Waals surface area contributed by atoms with Crippen LogP contribution >= 0.6 is 35.0 Å². The monoisotopic (exact) mass is 416 g/mol. The fraction of sp³-hybridized carbons (Fsp3) is 0. The van der Waals surface area contributed by atoms with E-state index >= 15 is 0 Å². The Morgan fingerprint density at radius 2 is 1.85 bits per heavy atom. The van der Waals surface area contributed by atoms with Gasteiger partial charge < -0.3 is 8.83 Å². The fourth-order valence-electron chi connectivity index (χ4n) is 2.67. The van der Waals surface area contributed by atoms with Gasteiger partial charge in [0.25, 0.3) is 0 Å². The normalized spacial score (nSPS) is 13.2. The van der Waals surface area contributed by atoms with Crippen LogP contribution in [-0.2, 0) is 0 Å². The Labute approximate surface area is 167 Å². The lowest BCUT2D eigenvalue weighted by Gasteiger charge is -2.16. The van der Waals surface area contributed by atoms with Crippen molar-refractivity contribution in [3.63, 3.8) is 0 Å². The molecule has 4 aromatic rings. The summed E-state index contributed by atoms with van der Waals surface area (Å²) in [5, 5.41) is 12.0. The molecule has 1 aromatic carbocycles. The van der Waals surface area contributed by atoms with Gasteiger partial charge in [0.2, 0.25) is 11.0 Å². The highest BCUT2D eigenvalue weighted by Gasteiger charge is 2.22. The molecule has 5 rings (SSSR count). The standard InChI is InChI=1S/C18H10Cl2N4O2S/c19-11-4-3-10(8-12(11)20)14-5-6-15(26-14)13-9-27-18-22-21-17(24(18)23-13)16-2-1-7-25-16/h1-9,23H. The summed E-state index contributed by atoms with van der Waals surface area (Å²) in [6.45, 7) is 0. The van der Waals surface area contributed by atoms with E-state index in [4.69, 9.17) is 32.0 Å². The first-order valence-corrected chi connectivity index (χ1v) is 9.51. The first-order chi connectivity index (χ1) is 13.2. The third-order valence-corrected chi connectivity index (χ3v) is 5.53. The van der Waals surface area contributed by atoms with E-state index in [2.05, 4.69) is 15.6 Å². The minimum Gasteiger partial charge on any atom is -0.461 e. The third kappa shape index (κ3) is 2.93. The Bertz CT molecular complexity index is 1160. The summed E-state index contributed by atoms with van der Waals surface area (Å²) in [5.74, 6) is 2.58. The van der Waals surface area contributed by atoms with Crippen LogP contribution in [0, 0.1) is 0 Å². The van der Waals surface area contributed by atoms with Crippen molar-refractivity contribution in [1.29, 1.82) is 0 Å². The number of hydrogen-bond donors (Lipinski definition) is 1. The number of rotatable bonds is 3. The molecule has 9 heteroatoms. The van der Waals surface area contributed by atoms with Crippen molar-refractivity contribution in [2.24, 2.45) is 0 Å². The van der Waals surface area contributed by atoms with Gasteiger partial charge in [0.15, 0.2) is 11.5 Å². The van der Waals surface area contributed by atoms with E-state index in [0.717, 1.165) is 11.3 Å². The summed E-state index contributed by atoms with van der Waals surface area (Å²) in [7, 11) is 0. The number of fused-ring (bicyclic) bond motifs is 1. The molecule has 0 unspecified atom stereocenters. The molecule has 27 heavy (non-hydrogen) atoms. The molecule has 1 aliphatic heterocycles. The Hall–Kier alpha value is -2.61. The van der Waals surface area contributed by atoms with Crippen molar-refractivity contribution in [3.8, 4) is 22.9 Å². The minimum absolute atomic E-state index is 0.481. The number of hydrogen-bond acceptors (Lipinski definition) is 6. The summed E-state index contributed by atoms with van der Waals surface area (Å²) in [5.41, 5.74) is 4.90.